The summed E-state index contributed by atoms with van der Waals surface area (Å²) in [5, 5.41) is 0. The highest BCUT2D eigenvalue weighted by atomic mass is 32.1. The van der Waals surface area contributed by atoms with Gasteiger partial charge in [0.2, 0.25) is 0 Å². The monoisotopic (exact) mass is 138 g/mol. The molecule has 0 fully saturated rings. The molecule has 0 aliphatic carbocycles. The van der Waals surface area contributed by atoms with E-state index >= 15 is 0 Å². The molecular formula is C6H6N2S. The molecule has 0 aromatic carbocycles. The molecule has 9 heavy (non-hydrogen) atoms. The van der Waals surface area contributed by atoms with Gasteiger partial charge in [-0.05, 0) is 6.92 Å². The number of fused-ring (bicyclic) bond motifs is 1. The Bertz CT molecular complexity index is 292. The maximum atomic E-state index is 4.12. The van der Waals surface area contributed by atoms with Crippen molar-refractivity contribution >= 4 is 16.3 Å². The Morgan fingerprint density at radius 3 is 3.33 bits per heavy atom. The minimum absolute atomic E-state index is 1.08. The molecule has 0 atom stereocenters. The summed E-state index contributed by atoms with van der Waals surface area (Å²) in [6.07, 6.45) is 5.84. The summed E-state index contributed by atoms with van der Waals surface area (Å²) in [4.78, 5) is 6.50. The highest BCUT2D eigenvalue weighted by molar-refractivity contribution is 7.16. The standard InChI is InChI=1S/C6H6N2S/c1-5-4-8-3-2-7-6(8)9-5/h2-4H,1H3. The van der Waals surface area contributed by atoms with Crippen molar-refractivity contribution < 1.29 is 0 Å². The van der Waals surface area contributed by atoms with E-state index in [0.29, 0.717) is 0 Å². The summed E-state index contributed by atoms with van der Waals surface area (Å²) in [5.41, 5.74) is 0. The maximum absolute atomic E-state index is 4.12. The number of aryl methyl sites for hydroxylation is 1. The molecule has 3 heteroatoms. The zero-order valence-electron chi connectivity index (χ0n) is 5.03. The molecule has 0 saturated carbocycles. The second-order valence-electron chi connectivity index (χ2n) is 1.96. The van der Waals surface area contributed by atoms with Gasteiger partial charge in [0.1, 0.15) is 0 Å². The van der Waals surface area contributed by atoms with Gasteiger partial charge in [-0.1, -0.05) is 0 Å². The third-order valence-corrected chi connectivity index (χ3v) is 2.13. The average molecular weight is 138 g/mol. The number of nitrogens with zero attached hydrogens (tertiary/aromatic N) is 2. The predicted molar refractivity (Wildman–Crippen MR) is 37.8 cm³/mol. The summed E-state index contributed by atoms with van der Waals surface area (Å²) in [6, 6.07) is 0. The minimum atomic E-state index is 1.08. The zero-order valence-corrected chi connectivity index (χ0v) is 5.85. The lowest BCUT2D eigenvalue weighted by atomic mass is 10.6. The molecule has 2 nitrogen and oxygen atoms in total. The predicted octanol–water partition coefficient (Wildman–Crippen LogP) is 1.70. The van der Waals surface area contributed by atoms with Gasteiger partial charge in [-0.25, -0.2) is 4.98 Å². The second-order valence-corrected chi connectivity index (χ2v) is 3.17. The first-order valence-corrected chi connectivity index (χ1v) is 3.57. The lowest BCUT2D eigenvalue weighted by molar-refractivity contribution is 1.22. The van der Waals surface area contributed by atoms with Crippen LogP contribution in [0, 0.1) is 6.92 Å². The van der Waals surface area contributed by atoms with Gasteiger partial charge in [-0.3, -0.25) is 4.40 Å². The van der Waals surface area contributed by atoms with Crippen LogP contribution in [0.4, 0.5) is 0 Å². The molecule has 0 aliphatic heterocycles. The Kier molecular flexibility index (Phi) is 0.873. The van der Waals surface area contributed by atoms with Gasteiger partial charge in [-0.15, -0.1) is 11.3 Å². The molecule has 0 radical (unpaired) electrons. The Morgan fingerprint density at radius 1 is 1.67 bits per heavy atom. The molecule has 0 aliphatic rings. The van der Waals surface area contributed by atoms with Crippen molar-refractivity contribution in [1.82, 2.24) is 9.38 Å². The molecule has 0 amide bonds. The fraction of sp³-hybridized carbons (Fsp3) is 0.167. The number of imidazole rings is 1. The molecule has 2 rings (SSSR count). The number of hydrogen-bond donors (Lipinski definition) is 0. The third-order valence-electron chi connectivity index (χ3n) is 1.21. The van der Waals surface area contributed by atoms with Crippen LogP contribution in [0.1, 0.15) is 4.88 Å². The minimum Gasteiger partial charge on any atom is -0.297 e. The van der Waals surface area contributed by atoms with Crippen LogP contribution in [-0.2, 0) is 0 Å². The van der Waals surface area contributed by atoms with Crippen molar-refractivity contribution in [3.8, 4) is 0 Å². The zero-order chi connectivity index (χ0) is 6.27. The maximum Gasteiger partial charge on any atom is 0.193 e. The van der Waals surface area contributed by atoms with Gasteiger partial charge in [-0.2, -0.15) is 0 Å². The highest BCUT2D eigenvalue weighted by Gasteiger charge is 1.94. The molecule has 2 aromatic rings. The highest BCUT2D eigenvalue weighted by Crippen LogP contribution is 2.13. The van der Waals surface area contributed by atoms with Gasteiger partial charge >= 0.3 is 0 Å². The lowest BCUT2D eigenvalue weighted by Crippen LogP contribution is -1.67. The summed E-state index contributed by atoms with van der Waals surface area (Å²) in [5.74, 6) is 0. The Hall–Kier alpha value is -0.830. The van der Waals surface area contributed by atoms with Crippen molar-refractivity contribution in [3.05, 3.63) is 23.5 Å². The number of thiazole rings is 1. The van der Waals surface area contributed by atoms with E-state index in [0.717, 1.165) is 4.96 Å². The first kappa shape index (κ1) is 4.99. The van der Waals surface area contributed by atoms with Gasteiger partial charge in [0.25, 0.3) is 0 Å². The van der Waals surface area contributed by atoms with Gasteiger partial charge in [0.15, 0.2) is 4.96 Å². The molecule has 2 heterocycles. The Labute approximate surface area is 56.8 Å². The van der Waals surface area contributed by atoms with Crippen LogP contribution < -0.4 is 0 Å². The first-order valence-electron chi connectivity index (χ1n) is 2.75. The van der Waals surface area contributed by atoms with Crippen LogP contribution in [0.3, 0.4) is 0 Å². The molecule has 0 unspecified atom stereocenters. The summed E-state index contributed by atoms with van der Waals surface area (Å²) in [7, 11) is 0. The molecular weight excluding hydrogens is 132 g/mol. The van der Waals surface area contributed by atoms with E-state index in [1.165, 1.54) is 4.88 Å². The summed E-state index contributed by atoms with van der Waals surface area (Å²) >= 11 is 1.71. The SMILES string of the molecule is Cc1cn2ccnc2s1. The van der Waals surface area contributed by atoms with E-state index in [4.69, 9.17) is 0 Å². The van der Waals surface area contributed by atoms with Crippen LogP contribution in [0.15, 0.2) is 18.6 Å². The van der Waals surface area contributed by atoms with Gasteiger partial charge in [0.05, 0.1) is 0 Å². The van der Waals surface area contributed by atoms with Crippen molar-refractivity contribution in [2.75, 3.05) is 0 Å². The second kappa shape index (κ2) is 1.57. The summed E-state index contributed by atoms with van der Waals surface area (Å²) < 4.78 is 2.03. The van der Waals surface area contributed by atoms with Crippen molar-refractivity contribution in [3.63, 3.8) is 0 Å². The van der Waals surface area contributed by atoms with Crippen molar-refractivity contribution in [2.45, 2.75) is 6.92 Å². The van der Waals surface area contributed by atoms with E-state index in [-0.39, 0.29) is 0 Å². The van der Waals surface area contributed by atoms with E-state index < -0.39 is 0 Å². The number of rotatable bonds is 0. The fourth-order valence-corrected chi connectivity index (χ4v) is 1.63. The first-order chi connectivity index (χ1) is 4.36. The van der Waals surface area contributed by atoms with Crippen LogP contribution in [0.25, 0.3) is 4.96 Å². The van der Waals surface area contributed by atoms with Crippen LogP contribution in [0.2, 0.25) is 0 Å². The largest absolute Gasteiger partial charge is 0.297 e. The molecule has 0 saturated heterocycles. The van der Waals surface area contributed by atoms with E-state index in [1.807, 2.05) is 16.8 Å². The van der Waals surface area contributed by atoms with E-state index in [1.54, 1.807) is 11.3 Å². The van der Waals surface area contributed by atoms with Crippen LogP contribution >= 0.6 is 11.3 Å². The molecule has 0 N–H and O–H groups in total. The lowest BCUT2D eigenvalue weighted by Gasteiger charge is -1.72. The topological polar surface area (TPSA) is 17.3 Å². The number of aromatic nitrogens is 2. The van der Waals surface area contributed by atoms with Crippen LogP contribution in [-0.4, -0.2) is 9.38 Å². The van der Waals surface area contributed by atoms with E-state index in [9.17, 15) is 0 Å². The van der Waals surface area contributed by atoms with Crippen molar-refractivity contribution in [2.24, 2.45) is 0 Å². The molecule has 0 bridgehead atoms. The van der Waals surface area contributed by atoms with Gasteiger partial charge in [0, 0.05) is 23.5 Å². The smallest absolute Gasteiger partial charge is 0.193 e. The molecule has 46 valence electrons. The quantitative estimate of drug-likeness (QED) is 0.541. The normalized spacial score (nSPS) is 10.8. The van der Waals surface area contributed by atoms with Crippen LogP contribution in [0.5, 0.6) is 0 Å². The number of hydrogen-bond acceptors (Lipinski definition) is 2. The van der Waals surface area contributed by atoms with Crippen molar-refractivity contribution in [1.29, 1.82) is 0 Å². The summed E-state index contributed by atoms with van der Waals surface area (Å²) in [6.45, 7) is 2.08. The third kappa shape index (κ3) is 0.650. The molecule has 0 spiro atoms. The fourth-order valence-electron chi connectivity index (χ4n) is 0.843. The average Bonchev–Trinajstić information content (AvgIpc) is 2.22. The Balaban J connectivity index is 2.92. The van der Waals surface area contributed by atoms with E-state index in [2.05, 4.69) is 18.1 Å². The molecule has 2 aromatic heterocycles. The Morgan fingerprint density at radius 2 is 2.56 bits per heavy atom. The van der Waals surface area contributed by atoms with Gasteiger partial charge < -0.3 is 0 Å².